The molecule has 2 unspecified atom stereocenters. The third kappa shape index (κ3) is 4.84. The minimum absolute atomic E-state index is 0.193. The summed E-state index contributed by atoms with van der Waals surface area (Å²) in [6.07, 6.45) is 10.1. The molecular weight excluding hydrogens is 184 g/mol. The molecule has 0 aliphatic heterocycles. The van der Waals surface area contributed by atoms with Crippen molar-refractivity contribution in [3.63, 3.8) is 0 Å². The lowest BCUT2D eigenvalue weighted by atomic mass is 9.92. The van der Waals surface area contributed by atoms with E-state index in [9.17, 15) is 0 Å². The van der Waals surface area contributed by atoms with Crippen molar-refractivity contribution in [3.8, 4) is 12.1 Å². The molecule has 2 nitrogen and oxygen atoms in total. The highest BCUT2D eigenvalue weighted by Gasteiger charge is 2.13. The van der Waals surface area contributed by atoms with Crippen LogP contribution in [0.5, 0.6) is 0 Å². The van der Waals surface area contributed by atoms with Gasteiger partial charge in [-0.3, -0.25) is 0 Å². The highest BCUT2D eigenvalue weighted by atomic mass is 14.3. The molecular formula is C13H20N2. The molecule has 0 amide bonds. The summed E-state index contributed by atoms with van der Waals surface area (Å²) in [7, 11) is 0. The van der Waals surface area contributed by atoms with Crippen molar-refractivity contribution in [3.05, 3.63) is 0 Å². The van der Waals surface area contributed by atoms with E-state index in [0.717, 1.165) is 25.7 Å². The van der Waals surface area contributed by atoms with Crippen molar-refractivity contribution in [1.82, 2.24) is 0 Å². The summed E-state index contributed by atoms with van der Waals surface area (Å²) in [6.45, 7) is 0. The molecule has 1 aliphatic carbocycles. The van der Waals surface area contributed by atoms with Crippen LogP contribution in [0.1, 0.15) is 57.8 Å². The highest BCUT2D eigenvalue weighted by molar-refractivity contribution is 4.88. The zero-order chi connectivity index (χ0) is 10.9. The Kier molecular flexibility index (Phi) is 5.86. The van der Waals surface area contributed by atoms with Gasteiger partial charge in [-0.1, -0.05) is 32.1 Å². The molecule has 0 heterocycles. The Hall–Kier alpha value is -1.02. The lowest BCUT2D eigenvalue weighted by Crippen LogP contribution is -2.02. The van der Waals surface area contributed by atoms with Crippen molar-refractivity contribution in [2.75, 3.05) is 0 Å². The molecule has 0 radical (unpaired) electrons. The zero-order valence-corrected chi connectivity index (χ0v) is 9.41. The van der Waals surface area contributed by atoms with E-state index in [1.807, 2.05) is 0 Å². The normalized spacial score (nSPS) is 29.5. The number of nitriles is 2. The topological polar surface area (TPSA) is 47.6 Å². The van der Waals surface area contributed by atoms with Gasteiger partial charge in [0.05, 0.1) is 12.1 Å². The first-order valence-electron chi connectivity index (χ1n) is 6.16. The van der Waals surface area contributed by atoms with Gasteiger partial charge < -0.3 is 0 Å². The Morgan fingerprint density at radius 1 is 0.600 bits per heavy atom. The van der Waals surface area contributed by atoms with Crippen molar-refractivity contribution < 1.29 is 0 Å². The Balaban J connectivity index is 2.43. The summed E-state index contributed by atoms with van der Waals surface area (Å²) < 4.78 is 0. The molecule has 0 aromatic heterocycles. The SMILES string of the molecule is N#CC1CCCCCCCC(C#N)CC1. The fraction of sp³-hybridized carbons (Fsp3) is 0.846. The standard InChI is InChI=1S/C13H20N2/c14-10-12-6-4-2-1-3-5-7-13(11-15)9-8-12/h12-13H,1-9H2. The molecule has 0 aromatic carbocycles. The Morgan fingerprint density at radius 2 is 1.00 bits per heavy atom. The minimum atomic E-state index is 0.193. The maximum Gasteiger partial charge on any atom is 0.0655 e. The molecule has 1 saturated carbocycles. The van der Waals surface area contributed by atoms with Crippen molar-refractivity contribution in [1.29, 1.82) is 10.5 Å². The second-order valence-corrected chi connectivity index (χ2v) is 4.57. The van der Waals surface area contributed by atoms with Crippen LogP contribution in [-0.4, -0.2) is 0 Å². The number of hydrogen-bond donors (Lipinski definition) is 0. The van der Waals surface area contributed by atoms with E-state index in [-0.39, 0.29) is 11.8 Å². The fourth-order valence-electron chi connectivity index (χ4n) is 2.26. The monoisotopic (exact) mass is 204 g/mol. The molecule has 82 valence electrons. The van der Waals surface area contributed by atoms with Crippen molar-refractivity contribution in [2.24, 2.45) is 11.8 Å². The largest absolute Gasteiger partial charge is 0.198 e. The van der Waals surface area contributed by atoms with Crippen LogP contribution in [0.15, 0.2) is 0 Å². The van der Waals surface area contributed by atoms with Crippen molar-refractivity contribution >= 4 is 0 Å². The first-order valence-corrected chi connectivity index (χ1v) is 6.16. The smallest absolute Gasteiger partial charge is 0.0655 e. The van der Waals surface area contributed by atoms with E-state index < -0.39 is 0 Å². The molecule has 0 aromatic rings. The van der Waals surface area contributed by atoms with Gasteiger partial charge in [0.1, 0.15) is 0 Å². The lowest BCUT2D eigenvalue weighted by Gasteiger charge is -2.10. The minimum Gasteiger partial charge on any atom is -0.198 e. The van der Waals surface area contributed by atoms with E-state index in [2.05, 4.69) is 12.1 Å². The van der Waals surface area contributed by atoms with Crippen LogP contribution < -0.4 is 0 Å². The molecule has 0 N–H and O–H groups in total. The Bertz CT molecular complexity index is 220. The van der Waals surface area contributed by atoms with E-state index in [4.69, 9.17) is 10.5 Å². The molecule has 0 bridgehead atoms. The first-order chi connectivity index (χ1) is 7.36. The quantitative estimate of drug-likeness (QED) is 0.602. The maximum atomic E-state index is 8.97. The average molecular weight is 204 g/mol. The fourth-order valence-corrected chi connectivity index (χ4v) is 2.26. The first kappa shape index (κ1) is 12.1. The summed E-state index contributed by atoms with van der Waals surface area (Å²) in [6, 6.07) is 4.75. The van der Waals surface area contributed by atoms with Crippen LogP contribution in [0.2, 0.25) is 0 Å². The van der Waals surface area contributed by atoms with Crippen LogP contribution in [0, 0.1) is 34.5 Å². The molecule has 1 rings (SSSR count). The third-order valence-electron chi connectivity index (χ3n) is 3.33. The van der Waals surface area contributed by atoms with Gasteiger partial charge in [-0.15, -0.1) is 0 Å². The summed E-state index contributed by atoms with van der Waals surface area (Å²) >= 11 is 0. The van der Waals surface area contributed by atoms with Crippen LogP contribution in [-0.2, 0) is 0 Å². The number of hydrogen-bond acceptors (Lipinski definition) is 2. The van der Waals surface area contributed by atoms with Crippen LogP contribution in [0.4, 0.5) is 0 Å². The summed E-state index contributed by atoms with van der Waals surface area (Å²) in [5, 5.41) is 17.9. The second kappa shape index (κ2) is 7.30. The van der Waals surface area contributed by atoms with E-state index in [0.29, 0.717) is 0 Å². The van der Waals surface area contributed by atoms with Crippen molar-refractivity contribution in [2.45, 2.75) is 57.8 Å². The molecule has 15 heavy (non-hydrogen) atoms. The van der Waals surface area contributed by atoms with Gasteiger partial charge >= 0.3 is 0 Å². The van der Waals surface area contributed by atoms with E-state index >= 15 is 0 Å². The zero-order valence-electron chi connectivity index (χ0n) is 9.41. The predicted octanol–water partition coefficient (Wildman–Crippen LogP) is 3.79. The maximum absolute atomic E-state index is 8.97. The van der Waals surface area contributed by atoms with Gasteiger partial charge in [-0.25, -0.2) is 0 Å². The molecule has 0 saturated heterocycles. The number of rotatable bonds is 0. The summed E-state index contributed by atoms with van der Waals surface area (Å²) in [5.41, 5.74) is 0. The van der Waals surface area contributed by atoms with Gasteiger partial charge in [0.15, 0.2) is 0 Å². The predicted molar refractivity (Wildman–Crippen MR) is 59.8 cm³/mol. The molecule has 2 atom stereocenters. The summed E-state index contributed by atoms with van der Waals surface area (Å²) in [4.78, 5) is 0. The van der Waals surface area contributed by atoms with Gasteiger partial charge in [0.25, 0.3) is 0 Å². The van der Waals surface area contributed by atoms with E-state index in [1.54, 1.807) is 0 Å². The van der Waals surface area contributed by atoms with Gasteiger partial charge in [-0.05, 0) is 25.7 Å². The Morgan fingerprint density at radius 3 is 1.40 bits per heavy atom. The van der Waals surface area contributed by atoms with Crippen LogP contribution >= 0.6 is 0 Å². The number of nitrogens with zero attached hydrogens (tertiary/aromatic N) is 2. The van der Waals surface area contributed by atoms with Gasteiger partial charge in [0, 0.05) is 11.8 Å². The van der Waals surface area contributed by atoms with E-state index in [1.165, 1.54) is 32.1 Å². The van der Waals surface area contributed by atoms with Crippen LogP contribution in [0.3, 0.4) is 0 Å². The third-order valence-corrected chi connectivity index (χ3v) is 3.33. The van der Waals surface area contributed by atoms with Gasteiger partial charge in [0.2, 0.25) is 0 Å². The van der Waals surface area contributed by atoms with Gasteiger partial charge in [-0.2, -0.15) is 10.5 Å². The highest BCUT2D eigenvalue weighted by Crippen LogP contribution is 2.23. The van der Waals surface area contributed by atoms with Crippen LogP contribution in [0.25, 0.3) is 0 Å². The molecule has 2 heteroatoms. The Labute approximate surface area is 92.9 Å². The molecule has 1 fully saturated rings. The lowest BCUT2D eigenvalue weighted by molar-refractivity contribution is 0.455. The second-order valence-electron chi connectivity index (χ2n) is 4.57. The molecule has 1 aliphatic rings. The average Bonchev–Trinajstić information content (AvgIpc) is 2.32. The summed E-state index contributed by atoms with van der Waals surface area (Å²) in [5.74, 6) is 0.387. The molecule has 0 spiro atoms.